The molecular weight excluding hydrogens is 432 g/mol. The summed E-state index contributed by atoms with van der Waals surface area (Å²) in [6.45, 7) is 0.311. The topological polar surface area (TPSA) is 157 Å². The summed E-state index contributed by atoms with van der Waals surface area (Å²) in [5, 5.41) is 20.4. The molecule has 2 aromatic carbocycles. The Morgan fingerprint density at radius 2 is 0.967 bits per heavy atom. The molecule has 0 aliphatic rings. The molecule has 0 radical (unpaired) electrons. The number of nitrogens with one attached hydrogen (secondary N) is 4. The normalized spacial score (nSPS) is 14.1. The van der Waals surface area contributed by atoms with E-state index in [1.807, 2.05) is 0 Å². The molecule has 12 heteroatoms. The first-order valence-corrected chi connectivity index (χ1v) is 12.7. The fourth-order valence-electron chi connectivity index (χ4n) is 2.55. The van der Waals surface area contributed by atoms with Gasteiger partial charge in [-0.1, -0.05) is 24.3 Å². The van der Waals surface area contributed by atoms with Crippen LogP contribution in [0.25, 0.3) is 0 Å². The van der Waals surface area contributed by atoms with Gasteiger partial charge in [-0.2, -0.15) is 0 Å². The Hall–Kier alpha value is -2.22. The number of sulfonamides is 2. The van der Waals surface area contributed by atoms with Gasteiger partial charge >= 0.3 is 0 Å². The average Bonchev–Trinajstić information content (AvgIpc) is 2.63. The highest BCUT2D eigenvalue weighted by Crippen LogP contribution is 2.17. The standard InChI is InChI=1S/C18H26N4O6S2/c1-29(25,26)21-15-7-3-13(4-8-15)17(23)11-19-20-12-18(24)14-5-9-16(10-6-14)22-30(2,27)28/h3-10,17-24H,11-12H2,1-2H3. The Kier molecular flexibility index (Phi) is 8.18. The number of aliphatic hydroxyl groups excluding tert-OH is 2. The van der Waals surface area contributed by atoms with Crippen LogP contribution in [0.4, 0.5) is 11.4 Å². The Morgan fingerprint density at radius 1 is 0.667 bits per heavy atom. The van der Waals surface area contributed by atoms with Gasteiger partial charge in [-0.15, -0.1) is 0 Å². The van der Waals surface area contributed by atoms with Gasteiger partial charge < -0.3 is 10.2 Å². The van der Waals surface area contributed by atoms with E-state index in [1.54, 1.807) is 48.5 Å². The molecule has 0 saturated heterocycles. The summed E-state index contributed by atoms with van der Waals surface area (Å²) in [6.07, 6.45) is 0.424. The number of rotatable bonds is 11. The molecule has 10 nitrogen and oxygen atoms in total. The highest BCUT2D eigenvalue weighted by atomic mass is 32.2. The molecule has 0 spiro atoms. The lowest BCUT2D eigenvalue weighted by Gasteiger charge is -2.16. The number of hydrogen-bond donors (Lipinski definition) is 6. The van der Waals surface area contributed by atoms with Crippen LogP contribution >= 0.6 is 0 Å². The maximum atomic E-state index is 11.2. The SMILES string of the molecule is CS(=O)(=O)Nc1ccc(C(O)CNNCC(O)c2ccc(NS(C)(=O)=O)cc2)cc1. The van der Waals surface area contributed by atoms with Crippen molar-refractivity contribution in [2.45, 2.75) is 12.2 Å². The van der Waals surface area contributed by atoms with Crippen LogP contribution in [-0.4, -0.2) is 52.6 Å². The first kappa shape index (κ1) is 24.1. The maximum absolute atomic E-state index is 11.2. The van der Waals surface area contributed by atoms with E-state index < -0.39 is 32.3 Å². The Bertz CT molecular complexity index is 940. The van der Waals surface area contributed by atoms with Gasteiger partial charge in [0.05, 0.1) is 24.7 Å². The predicted molar refractivity (Wildman–Crippen MR) is 116 cm³/mol. The van der Waals surface area contributed by atoms with Crippen LogP contribution in [-0.2, 0) is 20.0 Å². The predicted octanol–water partition coefficient (Wildman–Crippen LogP) is 0.291. The van der Waals surface area contributed by atoms with Gasteiger partial charge in [0.25, 0.3) is 0 Å². The van der Waals surface area contributed by atoms with Gasteiger partial charge in [0.1, 0.15) is 0 Å². The number of hydrazine groups is 1. The van der Waals surface area contributed by atoms with Crippen LogP contribution in [0.15, 0.2) is 48.5 Å². The Morgan fingerprint density at radius 3 is 1.23 bits per heavy atom. The van der Waals surface area contributed by atoms with Crippen molar-refractivity contribution in [3.05, 3.63) is 59.7 Å². The first-order chi connectivity index (χ1) is 13.9. The van der Waals surface area contributed by atoms with Crippen LogP contribution in [0.1, 0.15) is 23.3 Å². The molecule has 0 fully saturated rings. The minimum Gasteiger partial charge on any atom is -0.387 e. The lowest BCUT2D eigenvalue weighted by Crippen LogP contribution is -2.37. The average molecular weight is 459 g/mol. The maximum Gasteiger partial charge on any atom is 0.229 e. The second kappa shape index (κ2) is 10.2. The molecule has 6 N–H and O–H groups in total. The smallest absolute Gasteiger partial charge is 0.229 e. The summed E-state index contributed by atoms with van der Waals surface area (Å²) in [7, 11) is -6.72. The summed E-state index contributed by atoms with van der Waals surface area (Å²) in [4.78, 5) is 0. The summed E-state index contributed by atoms with van der Waals surface area (Å²) >= 11 is 0. The van der Waals surface area contributed by atoms with Gasteiger partial charge in [0.15, 0.2) is 0 Å². The molecule has 0 amide bonds. The molecule has 0 aromatic heterocycles. The van der Waals surface area contributed by atoms with Gasteiger partial charge in [-0.25, -0.2) is 16.8 Å². The molecule has 0 heterocycles. The highest BCUT2D eigenvalue weighted by Gasteiger charge is 2.11. The summed E-state index contributed by atoms with van der Waals surface area (Å²) < 4.78 is 49.5. The quantitative estimate of drug-likeness (QED) is 0.207. The molecule has 166 valence electrons. The van der Waals surface area contributed by atoms with Crippen molar-refractivity contribution in [2.75, 3.05) is 35.0 Å². The second-order valence-electron chi connectivity index (χ2n) is 6.79. The van der Waals surface area contributed by atoms with Crippen molar-refractivity contribution in [2.24, 2.45) is 0 Å². The molecule has 0 bridgehead atoms. The van der Waals surface area contributed by atoms with E-state index in [2.05, 4.69) is 20.3 Å². The van der Waals surface area contributed by atoms with Crippen LogP contribution < -0.4 is 20.3 Å². The van der Waals surface area contributed by atoms with Crippen molar-refractivity contribution in [3.8, 4) is 0 Å². The monoisotopic (exact) mass is 458 g/mol. The summed E-state index contributed by atoms with van der Waals surface area (Å²) in [5.74, 6) is 0. The molecule has 2 unspecified atom stereocenters. The lowest BCUT2D eigenvalue weighted by molar-refractivity contribution is 0.148. The molecule has 2 aromatic rings. The van der Waals surface area contributed by atoms with E-state index in [-0.39, 0.29) is 13.1 Å². The van der Waals surface area contributed by atoms with Gasteiger partial charge in [0.2, 0.25) is 20.0 Å². The third-order valence-corrected chi connectivity index (χ3v) is 5.13. The second-order valence-corrected chi connectivity index (χ2v) is 10.3. The van der Waals surface area contributed by atoms with Crippen molar-refractivity contribution in [1.82, 2.24) is 10.9 Å². The minimum atomic E-state index is -3.36. The number of benzene rings is 2. The summed E-state index contributed by atoms with van der Waals surface area (Å²) in [5.41, 5.74) is 7.63. The molecule has 30 heavy (non-hydrogen) atoms. The van der Waals surface area contributed by atoms with Crippen molar-refractivity contribution < 1.29 is 27.0 Å². The molecule has 2 rings (SSSR count). The fourth-order valence-corrected chi connectivity index (χ4v) is 3.68. The molecule has 0 aliphatic carbocycles. The van der Waals surface area contributed by atoms with Crippen LogP contribution in [0.2, 0.25) is 0 Å². The Balaban J connectivity index is 1.77. The zero-order valence-electron chi connectivity index (χ0n) is 16.5. The molecule has 0 saturated carbocycles. The molecular formula is C18H26N4O6S2. The molecule has 2 atom stereocenters. The number of hydrogen-bond acceptors (Lipinski definition) is 8. The minimum absolute atomic E-state index is 0.156. The summed E-state index contributed by atoms with van der Waals surface area (Å²) in [6, 6.07) is 12.7. The largest absolute Gasteiger partial charge is 0.387 e. The highest BCUT2D eigenvalue weighted by molar-refractivity contribution is 7.92. The van der Waals surface area contributed by atoms with Crippen molar-refractivity contribution in [3.63, 3.8) is 0 Å². The Labute approximate surface area is 176 Å². The lowest BCUT2D eigenvalue weighted by atomic mass is 10.1. The van der Waals surface area contributed by atoms with Gasteiger partial charge in [0, 0.05) is 24.5 Å². The number of anilines is 2. The van der Waals surface area contributed by atoms with Crippen molar-refractivity contribution >= 4 is 31.4 Å². The van der Waals surface area contributed by atoms with E-state index in [4.69, 9.17) is 0 Å². The molecule has 0 aliphatic heterocycles. The van der Waals surface area contributed by atoms with Crippen molar-refractivity contribution in [1.29, 1.82) is 0 Å². The van der Waals surface area contributed by atoms with E-state index in [9.17, 15) is 27.0 Å². The van der Waals surface area contributed by atoms with Crippen LogP contribution in [0.3, 0.4) is 0 Å². The third kappa shape index (κ3) is 8.65. The van der Waals surface area contributed by atoms with E-state index in [0.29, 0.717) is 22.5 Å². The van der Waals surface area contributed by atoms with E-state index >= 15 is 0 Å². The van der Waals surface area contributed by atoms with Crippen LogP contribution in [0.5, 0.6) is 0 Å². The fraction of sp³-hybridized carbons (Fsp3) is 0.333. The van der Waals surface area contributed by atoms with E-state index in [0.717, 1.165) is 12.5 Å². The van der Waals surface area contributed by atoms with Gasteiger partial charge in [-0.05, 0) is 35.4 Å². The van der Waals surface area contributed by atoms with E-state index in [1.165, 1.54) is 0 Å². The van der Waals surface area contributed by atoms with Crippen LogP contribution in [0, 0.1) is 0 Å². The third-order valence-electron chi connectivity index (χ3n) is 3.91. The first-order valence-electron chi connectivity index (χ1n) is 8.90. The zero-order valence-corrected chi connectivity index (χ0v) is 18.2. The zero-order chi connectivity index (χ0) is 22.4. The number of aliphatic hydroxyl groups is 2. The van der Waals surface area contributed by atoms with Gasteiger partial charge in [-0.3, -0.25) is 20.3 Å².